The summed E-state index contributed by atoms with van der Waals surface area (Å²) in [7, 11) is 0. The van der Waals surface area contributed by atoms with Gasteiger partial charge >= 0.3 is 0 Å². The largest absolute Gasteiger partial charge is 0.490 e. The molecule has 0 aromatic heterocycles. The van der Waals surface area contributed by atoms with E-state index in [9.17, 15) is 0 Å². The second-order valence-corrected chi connectivity index (χ2v) is 8.38. The molecule has 0 unspecified atom stereocenters. The van der Waals surface area contributed by atoms with Gasteiger partial charge < -0.3 is 15.2 Å². The lowest BCUT2D eigenvalue weighted by molar-refractivity contribution is 0.217. The minimum atomic E-state index is 0.144. The summed E-state index contributed by atoms with van der Waals surface area (Å²) in [5.74, 6) is 1.56. The van der Waals surface area contributed by atoms with Gasteiger partial charge in [0, 0.05) is 0 Å². The van der Waals surface area contributed by atoms with E-state index in [1.165, 1.54) is 5.56 Å². The summed E-state index contributed by atoms with van der Waals surface area (Å²) in [5.41, 5.74) is 8.28. The van der Waals surface area contributed by atoms with E-state index in [4.69, 9.17) is 15.2 Å². The van der Waals surface area contributed by atoms with Crippen LogP contribution in [0.5, 0.6) is 11.5 Å². The van der Waals surface area contributed by atoms with Gasteiger partial charge in [0.25, 0.3) is 0 Å². The predicted octanol–water partition coefficient (Wildman–Crippen LogP) is 5.44. The summed E-state index contributed by atoms with van der Waals surface area (Å²) in [4.78, 5) is 0. The molecular formula is C22H31NO2. The summed E-state index contributed by atoms with van der Waals surface area (Å²) in [5, 5.41) is 0. The van der Waals surface area contributed by atoms with Crippen LogP contribution in [0.25, 0.3) is 0 Å². The first-order valence-electron chi connectivity index (χ1n) is 8.88. The van der Waals surface area contributed by atoms with Gasteiger partial charge in [-0.3, -0.25) is 0 Å². The van der Waals surface area contributed by atoms with Gasteiger partial charge in [0.2, 0.25) is 0 Å². The van der Waals surface area contributed by atoms with Crippen LogP contribution in [0.4, 0.5) is 5.69 Å². The molecule has 0 heterocycles. The van der Waals surface area contributed by atoms with Crippen molar-refractivity contribution < 1.29 is 9.47 Å². The first-order valence-corrected chi connectivity index (χ1v) is 8.88. The van der Waals surface area contributed by atoms with Crippen molar-refractivity contribution in [1.29, 1.82) is 0 Å². The summed E-state index contributed by atoms with van der Waals surface area (Å²) < 4.78 is 11.4. The van der Waals surface area contributed by atoms with Crippen molar-refractivity contribution in [3.05, 3.63) is 54.1 Å². The molecule has 3 heteroatoms. The number of nitrogens with two attached hydrogens (primary N) is 1. The van der Waals surface area contributed by atoms with Gasteiger partial charge in [-0.25, -0.2) is 0 Å². The first-order chi connectivity index (χ1) is 11.7. The van der Waals surface area contributed by atoms with Crippen molar-refractivity contribution >= 4 is 5.69 Å². The van der Waals surface area contributed by atoms with E-state index >= 15 is 0 Å². The molecule has 3 nitrogen and oxygen atoms in total. The van der Waals surface area contributed by atoms with Crippen LogP contribution in [0.1, 0.15) is 46.6 Å². The molecular weight excluding hydrogens is 310 g/mol. The molecule has 0 fully saturated rings. The fourth-order valence-electron chi connectivity index (χ4n) is 3.35. The third-order valence-electron chi connectivity index (χ3n) is 4.14. The van der Waals surface area contributed by atoms with Crippen molar-refractivity contribution in [2.45, 2.75) is 46.5 Å². The van der Waals surface area contributed by atoms with Gasteiger partial charge in [0.15, 0.2) is 0 Å². The Kier molecular flexibility index (Phi) is 5.99. The molecule has 0 bridgehead atoms. The van der Waals surface area contributed by atoms with E-state index < -0.39 is 0 Å². The number of anilines is 1. The van der Waals surface area contributed by atoms with Crippen molar-refractivity contribution in [3.63, 3.8) is 0 Å². The number of hydrogen-bond acceptors (Lipinski definition) is 3. The van der Waals surface area contributed by atoms with E-state index in [0.717, 1.165) is 12.2 Å². The molecule has 0 atom stereocenters. The van der Waals surface area contributed by atoms with E-state index in [0.29, 0.717) is 30.1 Å². The number of nitrogen functional groups attached to an aromatic ring is 1. The minimum Gasteiger partial charge on any atom is -0.490 e. The highest BCUT2D eigenvalue weighted by molar-refractivity contribution is 5.51. The van der Waals surface area contributed by atoms with Crippen LogP contribution >= 0.6 is 0 Å². The molecule has 25 heavy (non-hydrogen) atoms. The fraction of sp³-hybridized carbons (Fsp3) is 0.455. The molecule has 2 aromatic carbocycles. The molecule has 0 aliphatic rings. The third kappa shape index (κ3) is 6.00. The molecule has 0 saturated carbocycles. The zero-order valence-electron chi connectivity index (χ0n) is 16.1. The Morgan fingerprint density at radius 2 is 1.40 bits per heavy atom. The maximum absolute atomic E-state index is 5.85. The van der Waals surface area contributed by atoms with Crippen LogP contribution in [0.15, 0.2) is 48.5 Å². The van der Waals surface area contributed by atoms with E-state index in [1.54, 1.807) is 0 Å². The summed E-state index contributed by atoms with van der Waals surface area (Å²) in [6.45, 7) is 12.4. The molecule has 0 spiro atoms. The first kappa shape index (κ1) is 19.2. The maximum atomic E-state index is 5.85. The monoisotopic (exact) mass is 341 g/mol. The van der Waals surface area contributed by atoms with Crippen LogP contribution < -0.4 is 15.2 Å². The Hall–Kier alpha value is -2.16. The van der Waals surface area contributed by atoms with Gasteiger partial charge in [-0.2, -0.15) is 0 Å². The fourth-order valence-corrected chi connectivity index (χ4v) is 3.35. The molecule has 0 amide bonds. The van der Waals surface area contributed by atoms with Crippen LogP contribution in [0.2, 0.25) is 0 Å². The lowest BCUT2D eigenvalue weighted by atomic mass is 9.72. The Morgan fingerprint density at radius 1 is 0.800 bits per heavy atom. The van der Waals surface area contributed by atoms with Crippen molar-refractivity contribution in [1.82, 2.24) is 0 Å². The number of para-hydroxylation sites is 2. The second kappa shape index (κ2) is 7.81. The molecule has 2 rings (SSSR count). The van der Waals surface area contributed by atoms with E-state index in [2.05, 4.69) is 46.8 Å². The summed E-state index contributed by atoms with van der Waals surface area (Å²) in [6, 6.07) is 15.9. The van der Waals surface area contributed by atoms with Crippen molar-refractivity contribution in [2.24, 2.45) is 5.41 Å². The van der Waals surface area contributed by atoms with Gasteiger partial charge in [0.05, 0.1) is 5.69 Å². The normalized spacial score (nSPS) is 12.0. The zero-order chi connectivity index (χ0) is 18.5. The zero-order valence-corrected chi connectivity index (χ0v) is 16.1. The topological polar surface area (TPSA) is 44.5 Å². The number of ether oxygens (including phenoxy) is 2. The summed E-state index contributed by atoms with van der Waals surface area (Å²) in [6.07, 6.45) is 1.13. The lowest BCUT2D eigenvalue weighted by Gasteiger charge is -2.33. The predicted molar refractivity (Wildman–Crippen MR) is 105 cm³/mol. The highest BCUT2D eigenvalue weighted by Gasteiger charge is 2.27. The van der Waals surface area contributed by atoms with Crippen LogP contribution in [0, 0.1) is 5.41 Å². The number of rotatable bonds is 7. The SMILES string of the molecule is CC(C)(C)CC(C)(C)c1ccc(OCCOc2ccccc2N)cc1. The minimum absolute atomic E-state index is 0.144. The Balaban J connectivity index is 1.85. The quantitative estimate of drug-likeness (QED) is 0.538. The van der Waals surface area contributed by atoms with E-state index in [1.807, 2.05) is 36.4 Å². The molecule has 136 valence electrons. The van der Waals surface area contributed by atoms with Crippen LogP contribution in [0.3, 0.4) is 0 Å². The standard InChI is InChI=1S/C22H31NO2/c1-21(2,3)16-22(4,5)17-10-12-18(13-11-17)24-14-15-25-20-9-7-6-8-19(20)23/h6-13H,14-16,23H2,1-5H3. The third-order valence-corrected chi connectivity index (χ3v) is 4.14. The molecule has 2 aromatic rings. The van der Waals surface area contributed by atoms with Gasteiger partial charge in [0.1, 0.15) is 24.7 Å². The van der Waals surface area contributed by atoms with Crippen LogP contribution in [-0.4, -0.2) is 13.2 Å². The smallest absolute Gasteiger partial charge is 0.142 e. The van der Waals surface area contributed by atoms with Gasteiger partial charge in [-0.15, -0.1) is 0 Å². The molecule has 0 saturated heterocycles. The number of benzene rings is 2. The molecule has 0 aliphatic carbocycles. The van der Waals surface area contributed by atoms with Gasteiger partial charge in [-0.05, 0) is 47.1 Å². The number of hydrogen-bond donors (Lipinski definition) is 1. The maximum Gasteiger partial charge on any atom is 0.142 e. The Morgan fingerprint density at radius 3 is 2.00 bits per heavy atom. The highest BCUT2D eigenvalue weighted by atomic mass is 16.5. The van der Waals surface area contributed by atoms with Crippen molar-refractivity contribution in [2.75, 3.05) is 18.9 Å². The highest BCUT2D eigenvalue weighted by Crippen LogP contribution is 2.36. The van der Waals surface area contributed by atoms with E-state index in [-0.39, 0.29) is 5.41 Å². The Bertz CT molecular complexity index is 669. The second-order valence-electron chi connectivity index (χ2n) is 8.38. The average molecular weight is 341 g/mol. The van der Waals surface area contributed by atoms with Gasteiger partial charge in [-0.1, -0.05) is 58.9 Å². The molecule has 0 radical (unpaired) electrons. The summed E-state index contributed by atoms with van der Waals surface area (Å²) >= 11 is 0. The average Bonchev–Trinajstić information content (AvgIpc) is 2.51. The van der Waals surface area contributed by atoms with Crippen LogP contribution in [-0.2, 0) is 5.41 Å². The molecule has 2 N–H and O–H groups in total. The Labute approximate surface area is 152 Å². The lowest BCUT2D eigenvalue weighted by Crippen LogP contribution is -2.24. The van der Waals surface area contributed by atoms with Crippen molar-refractivity contribution in [3.8, 4) is 11.5 Å². The molecule has 0 aliphatic heterocycles.